The van der Waals surface area contributed by atoms with Gasteiger partial charge < -0.3 is 4.90 Å². The number of carbonyl (C=O) groups is 1. The lowest BCUT2D eigenvalue weighted by Gasteiger charge is -2.19. The molecule has 0 heterocycles. The normalized spacial score (nSPS) is 10.9. The Morgan fingerprint density at radius 1 is 1.11 bits per heavy atom. The average Bonchev–Trinajstić information content (AvgIpc) is 2.37. The van der Waals surface area contributed by atoms with Crippen molar-refractivity contribution in [1.29, 1.82) is 0 Å². The summed E-state index contributed by atoms with van der Waals surface area (Å²) in [6.07, 6.45) is 0.480. The van der Waals surface area contributed by atoms with E-state index in [9.17, 15) is 4.79 Å². The van der Waals surface area contributed by atoms with Crippen LogP contribution >= 0.6 is 0 Å². The summed E-state index contributed by atoms with van der Waals surface area (Å²) in [4.78, 5) is 13.9. The Hall–Kier alpha value is -1.83. The minimum Gasteiger partial charge on any atom is -0.345 e. The van der Waals surface area contributed by atoms with Crippen molar-refractivity contribution in [2.75, 3.05) is 13.6 Å². The third-order valence-electron chi connectivity index (χ3n) is 3.23. The number of hydrogen-bond donors (Lipinski definition) is 0. The standard InChI is InChI=1S/C17H21NO/c1-13(2)12-18(3)17(19)11-14-8-9-15-6-4-5-7-16(15)10-14/h4-10,13H,11-12H2,1-3H3. The first-order valence-electron chi connectivity index (χ1n) is 6.78. The van der Waals surface area contributed by atoms with Crippen LogP contribution in [-0.2, 0) is 11.2 Å². The molecule has 0 aliphatic carbocycles. The van der Waals surface area contributed by atoms with Gasteiger partial charge in [0.15, 0.2) is 0 Å². The fraction of sp³-hybridized carbons (Fsp3) is 0.353. The van der Waals surface area contributed by atoms with Gasteiger partial charge in [-0.1, -0.05) is 56.3 Å². The summed E-state index contributed by atoms with van der Waals surface area (Å²) >= 11 is 0. The minimum absolute atomic E-state index is 0.184. The molecule has 2 rings (SSSR count). The highest BCUT2D eigenvalue weighted by Crippen LogP contribution is 2.16. The highest BCUT2D eigenvalue weighted by Gasteiger charge is 2.11. The van der Waals surface area contributed by atoms with Crippen LogP contribution in [0.2, 0.25) is 0 Å². The summed E-state index contributed by atoms with van der Waals surface area (Å²) in [6, 6.07) is 14.5. The van der Waals surface area contributed by atoms with Crippen molar-refractivity contribution < 1.29 is 4.79 Å². The van der Waals surface area contributed by atoms with Crippen LogP contribution in [0.5, 0.6) is 0 Å². The van der Waals surface area contributed by atoms with Crippen molar-refractivity contribution in [1.82, 2.24) is 4.90 Å². The number of benzene rings is 2. The lowest BCUT2D eigenvalue weighted by atomic mass is 10.0. The molecule has 2 aromatic rings. The predicted octanol–water partition coefficient (Wildman–Crippen LogP) is 3.50. The lowest BCUT2D eigenvalue weighted by molar-refractivity contribution is -0.129. The Bertz CT molecular complexity index is 574. The summed E-state index contributed by atoms with van der Waals surface area (Å²) in [5.41, 5.74) is 1.08. The first-order valence-corrected chi connectivity index (χ1v) is 6.78. The maximum absolute atomic E-state index is 12.1. The second-order valence-electron chi connectivity index (χ2n) is 5.53. The van der Waals surface area contributed by atoms with E-state index in [0.29, 0.717) is 12.3 Å². The Balaban J connectivity index is 2.10. The van der Waals surface area contributed by atoms with E-state index in [0.717, 1.165) is 12.1 Å². The Morgan fingerprint density at radius 2 is 1.79 bits per heavy atom. The molecule has 0 saturated carbocycles. The molecule has 0 bridgehead atoms. The van der Waals surface area contributed by atoms with Gasteiger partial charge in [-0.2, -0.15) is 0 Å². The summed E-state index contributed by atoms with van der Waals surface area (Å²) in [6.45, 7) is 5.06. The van der Waals surface area contributed by atoms with Crippen molar-refractivity contribution in [3.8, 4) is 0 Å². The van der Waals surface area contributed by atoms with E-state index in [1.165, 1.54) is 10.8 Å². The van der Waals surface area contributed by atoms with E-state index in [2.05, 4.69) is 38.1 Å². The van der Waals surface area contributed by atoms with Crippen LogP contribution in [0.4, 0.5) is 0 Å². The molecule has 0 spiro atoms. The molecular formula is C17H21NO. The summed E-state index contributed by atoms with van der Waals surface area (Å²) in [5.74, 6) is 0.689. The molecule has 0 N–H and O–H groups in total. The van der Waals surface area contributed by atoms with Gasteiger partial charge in [-0.15, -0.1) is 0 Å². The van der Waals surface area contributed by atoms with Crippen molar-refractivity contribution in [2.45, 2.75) is 20.3 Å². The quantitative estimate of drug-likeness (QED) is 0.819. The number of carbonyl (C=O) groups excluding carboxylic acids is 1. The molecule has 19 heavy (non-hydrogen) atoms. The zero-order valence-electron chi connectivity index (χ0n) is 11.9. The average molecular weight is 255 g/mol. The zero-order valence-corrected chi connectivity index (χ0v) is 11.9. The van der Waals surface area contributed by atoms with E-state index in [4.69, 9.17) is 0 Å². The fourth-order valence-corrected chi connectivity index (χ4v) is 2.31. The smallest absolute Gasteiger partial charge is 0.226 e. The van der Waals surface area contributed by atoms with E-state index < -0.39 is 0 Å². The summed E-state index contributed by atoms with van der Waals surface area (Å²) in [7, 11) is 1.88. The topological polar surface area (TPSA) is 20.3 Å². The van der Waals surface area contributed by atoms with Gasteiger partial charge in [-0.25, -0.2) is 0 Å². The van der Waals surface area contributed by atoms with Crippen molar-refractivity contribution >= 4 is 16.7 Å². The molecule has 0 saturated heterocycles. The lowest BCUT2D eigenvalue weighted by Crippen LogP contribution is -2.31. The van der Waals surface area contributed by atoms with E-state index >= 15 is 0 Å². The minimum atomic E-state index is 0.184. The first kappa shape index (κ1) is 13.6. The largest absolute Gasteiger partial charge is 0.345 e. The van der Waals surface area contributed by atoms with Crippen LogP contribution in [0.3, 0.4) is 0 Å². The van der Waals surface area contributed by atoms with Crippen molar-refractivity contribution in [3.63, 3.8) is 0 Å². The molecule has 100 valence electrons. The molecule has 0 radical (unpaired) electrons. The van der Waals surface area contributed by atoms with Gasteiger partial charge in [0.25, 0.3) is 0 Å². The molecule has 1 amide bonds. The zero-order chi connectivity index (χ0) is 13.8. The third-order valence-corrected chi connectivity index (χ3v) is 3.23. The monoisotopic (exact) mass is 255 g/mol. The van der Waals surface area contributed by atoms with Crippen molar-refractivity contribution in [3.05, 3.63) is 48.0 Å². The number of likely N-dealkylation sites (N-methyl/N-ethyl adjacent to an activating group) is 1. The molecule has 0 aliphatic rings. The third kappa shape index (κ3) is 3.57. The molecule has 0 unspecified atom stereocenters. The van der Waals surface area contributed by atoms with Gasteiger partial charge in [-0.05, 0) is 22.3 Å². The molecular weight excluding hydrogens is 234 g/mol. The van der Waals surface area contributed by atoms with Crippen molar-refractivity contribution in [2.24, 2.45) is 5.92 Å². The molecule has 0 atom stereocenters. The van der Waals surface area contributed by atoms with Crippen LogP contribution in [-0.4, -0.2) is 24.4 Å². The predicted molar refractivity (Wildman–Crippen MR) is 80.1 cm³/mol. The fourth-order valence-electron chi connectivity index (χ4n) is 2.31. The van der Waals surface area contributed by atoms with Gasteiger partial charge in [0, 0.05) is 13.6 Å². The second kappa shape index (κ2) is 5.87. The molecule has 0 fully saturated rings. The van der Waals surface area contributed by atoms with Crippen LogP contribution in [0.25, 0.3) is 10.8 Å². The van der Waals surface area contributed by atoms with Crippen LogP contribution in [0.1, 0.15) is 19.4 Å². The summed E-state index contributed by atoms with van der Waals surface area (Å²) < 4.78 is 0. The second-order valence-corrected chi connectivity index (χ2v) is 5.53. The molecule has 2 nitrogen and oxygen atoms in total. The number of rotatable bonds is 4. The van der Waals surface area contributed by atoms with Gasteiger partial charge in [-0.3, -0.25) is 4.79 Å². The van der Waals surface area contributed by atoms with E-state index in [1.54, 1.807) is 0 Å². The highest BCUT2D eigenvalue weighted by molar-refractivity contribution is 5.85. The van der Waals surface area contributed by atoms with Gasteiger partial charge >= 0.3 is 0 Å². The van der Waals surface area contributed by atoms with Gasteiger partial charge in [0.1, 0.15) is 0 Å². The highest BCUT2D eigenvalue weighted by atomic mass is 16.2. The van der Waals surface area contributed by atoms with Gasteiger partial charge in [0.2, 0.25) is 5.91 Å². The van der Waals surface area contributed by atoms with E-state index in [1.807, 2.05) is 30.1 Å². The molecule has 2 aromatic carbocycles. The molecule has 0 aliphatic heterocycles. The Morgan fingerprint density at radius 3 is 2.47 bits per heavy atom. The maximum Gasteiger partial charge on any atom is 0.226 e. The first-order chi connectivity index (χ1) is 9.06. The molecule has 0 aromatic heterocycles. The Kier molecular flexibility index (Phi) is 4.20. The Labute approximate surface area is 115 Å². The number of fused-ring (bicyclic) bond motifs is 1. The number of hydrogen-bond acceptors (Lipinski definition) is 1. The van der Waals surface area contributed by atoms with Crippen LogP contribution < -0.4 is 0 Å². The molecule has 2 heteroatoms. The number of amides is 1. The van der Waals surface area contributed by atoms with Crippen LogP contribution in [0, 0.1) is 5.92 Å². The summed E-state index contributed by atoms with van der Waals surface area (Å²) in [5, 5.41) is 2.41. The van der Waals surface area contributed by atoms with Crippen LogP contribution in [0.15, 0.2) is 42.5 Å². The number of nitrogens with zero attached hydrogens (tertiary/aromatic N) is 1. The van der Waals surface area contributed by atoms with E-state index in [-0.39, 0.29) is 5.91 Å². The maximum atomic E-state index is 12.1. The van der Waals surface area contributed by atoms with Gasteiger partial charge in [0.05, 0.1) is 6.42 Å². The SMILES string of the molecule is CC(C)CN(C)C(=O)Cc1ccc2ccccc2c1.